The highest BCUT2D eigenvalue weighted by atomic mass is 16.5. The van der Waals surface area contributed by atoms with Crippen LogP contribution in [0.25, 0.3) is 0 Å². The van der Waals surface area contributed by atoms with E-state index in [1.807, 2.05) is 13.8 Å². The highest BCUT2D eigenvalue weighted by Gasteiger charge is 2.15. The van der Waals surface area contributed by atoms with Crippen LogP contribution in [0.15, 0.2) is 18.2 Å². The smallest absolute Gasteiger partial charge is 0.341 e. The van der Waals surface area contributed by atoms with Crippen LogP contribution in [-0.4, -0.2) is 30.6 Å². The number of rotatable bonds is 6. The average molecular weight is 266 g/mol. The molecular weight excluding hydrogens is 248 g/mol. The Labute approximate surface area is 112 Å². The predicted octanol–water partition coefficient (Wildman–Crippen LogP) is 2.17. The second kappa shape index (κ2) is 6.78. The van der Waals surface area contributed by atoms with Gasteiger partial charge in [0.05, 0.1) is 7.11 Å². The zero-order valence-electron chi connectivity index (χ0n) is 11.3. The molecule has 1 rings (SSSR count). The third-order valence-corrected chi connectivity index (χ3v) is 2.92. The Morgan fingerprint density at radius 2 is 2.05 bits per heavy atom. The number of benzene rings is 1. The van der Waals surface area contributed by atoms with Crippen molar-refractivity contribution >= 4 is 11.8 Å². The second-order valence-corrected chi connectivity index (χ2v) is 4.23. The first kappa shape index (κ1) is 15.0. The van der Waals surface area contributed by atoms with Crippen molar-refractivity contribution < 1.29 is 24.2 Å². The summed E-state index contributed by atoms with van der Waals surface area (Å²) in [6.07, 6.45) is 0.755. The van der Waals surface area contributed by atoms with Gasteiger partial charge in [-0.1, -0.05) is 13.8 Å². The molecule has 0 aliphatic heterocycles. The Bertz CT molecular complexity index is 467. The van der Waals surface area contributed by atoms with Crippen molar-refractivity contribution in [3.05, 3.63) is 23.8 Å². The van der Waals surface area contributed by atoms with E-state index in [1.165, 1.54) is 25.3 Å². The van der Waals surface area contributed by atoms with Crippen molar-refractivity contribution in [2.75, 3.05) is 13.7 Å². The topological polar surface area (TPSA) is 72.8 Å². The van der Waals surface area contributed by atoms with E-state index in [4.69, 9.17) is 4.74 Å². The summed E-state index contributed by atoms with van der Waals surface area (Å²) >= 11 is 0. The number of ether oxygens (including phenoxy) is 2. The number of carbonyl (C=O) groups is 2. The van der Waals surface area contributed by atoms with Crippen LogP contribution in [-0.2, 0) is 9.53 Å². The first-order valence-electron chi connectivity index (χ1n) is 6.06. The third-order valence-electron chi connectivity index (χ3n) is 2.92. The number of hydrogen-bond donors (Lipinski definition) is 1. The van der Waals surface area contributed by atoms with Gasteiger partial charge in [0.1, 0.15) is 23.7 Å². The van der Waals surface area contributed by atoms with Gasteiger partial charge in [0, 0.05) is 5.92 Å². The summed E-state index contributed by atoms with van der Waals surface area (Å²) in [7, 11) is 1.22. The van der Waals surface area contributed by atoms with Gasteiger partial charge >= 0.3 is 5.97 Å². The summed E-state index contributed by atoms with van der Waals surface area (Å²) in [5.74, 6) is -0.564. The van der Waals surface area contributed by atoms with E-state index in [0.29, 0.717) is 5.75 Å². The van der Waals surface area contributed by atoms with Gasteiger partial charge in [-0.15, -0.1) is 0 Å². The number of phenolic OH excluding ortho intramolecular Hbond substituents is 1. The molecule has 0 saturated carbocycles. The normalized spacial score (nSPS) is 11.7. The Hall–Kier alpha value is -2.04. The zero-order valence-corrected chi connectivity index (χ0v) is 11.3. The van der Waals surface area contributed by atoms with Crippen molar-refractivity contribution in [2.24, 2.45) is 5.92 Å². The molecule has 0 bridgehead atoms. The summed E-state index contributed by atoms with van der Waals surface area (Å²) in [5, 5.41) is 9.52. The highest BCUT2D eigenvalue weighted by molar-refractivity contribution is 5.92. The van der Waals surface area contributed by atoms with Gasteiger partial charge in [0.15, 0.2) is 5.78 Å². The number of aromatic hydroxyl groups is 1. The minimum absolute atomic E-state index is 0.00445. The standard InChI is InChI=1S/C14H18O5/c1-4-9(2)13(16)8-19-10-5-6-12(15)11(7-10)14(17)18-3/h5-7,9,15H,4,8H2,1-3H3. The molecule has 0 saturated heterocycles. The summed E-state index contributed by atoms with van der Waals surface area (Å²) in [4.78, 5) is 23.0. The van der Waals surface area contributed by atoms with Crippen molar-refractivity contribution in [1.29, 1.82) is 0 Å². The average Bonchev–Trinajstić information content (AvgIpc) is 2.44. The van der Waals surface area contributed by atoms with E-state index < -0.39 is 5.97 Å². The lowest BCUT2D eigenvalue weighted by molar-refractivity contribution is -0.124. The number of Topliss-reactive ketones (excluding diaryl/α,β-unsaturated/α-hetero) is 1. The van der Waals surface area contributed by atoms with E-state index in [0.717, 1.165) is 6.42 Å². The number of hydrogen-bond acceptors (Lipinski definition) is 5. The van der Waals surface area contributed by atoms with E-state index in [2.05, 4.69) is 4.74 Å². The van der Waals surface area contributed by atoms with Gasteiger partial charge in [-0.25, -0.2) is 4.79 Å². The van der Waals surface area contributed by atoms with Crippen LogP contribution in [0.3, 0.4) is 0 Å². The summed E-state index contributed by atoms with van der Waals surface area (Å²) in [6, 6.07) is 4.17. The van der Waals surface area contributed by atoms with Crippen LogP contribution in [0.1, 0.15) is 30.6 Å². The Morgan fingerprint density at radius 3 is 2.63 bits per heavy atom. The number of phenols is 1. The molecule has 1 N–H and O–H groups in total. The molecule has 0 aliphatic rings. The fraction of sp³-hybridized carbons (Fsp3) is 0.429. The molecule has 0 aromatic heterocycles. The Kier molecular flexibility index (Phi) is 5.36. The van der Waals surface area contributed by atoms with Gasteiger partial charge in [-0.2, -0.15) is 0 Å². The van der Waals surface area contributed by atoms with Crippen LogP contribution in [0.2, 0.25) is 0 Å². The minimum Gasteiger partial charge on any atom is -0.507 e. The summed E-state index contributed by atoms with van der Waals surface area (Å²) < 4.78 is 9.84. The second-order valence-electron chi connectivity index (χ2n) is 4.23. The number of ketones is 1. The zero-order chi connectivity index (χ0) is 14.4. The lowest BCUT2D eigenvalue weighted by atomic mass is 10.0. The SMILES string of the molecule is CCC(C)C(=O)COc1ccc(O)c(C(=O)OC)c1. The van der Waals surface area contributed by atoms with E-state index in [9.17, 15) is 14.7 Å². The van der Waals surface area contributed by atoms with Crippen molar-refractivity contribution in [1.82, 2.24) is 0 Å². The number of methoxy groups -OCH3 is 1. The molecule has 0 radical (unpaired) electrons. The molecule has 0 fully saturated rings. The van der Waals surface area contributed by atoms with Gasteiger partial charge in [0.2, 0.25) is 0 Å². The molecule has 5 nitrogen and oxygen atoms in total. The van der Waals surface area contributed by atoms with Crippen molar-refractivity contribution in [3.8, 4) is 11.5 Å². The van der Waals surface area contributed by atoms with E-state index in [-0.39, 0.29) is 29.6 Å². The molecule has 1 aromatic carbocycles. The third kappa shape index (κ3) is 3.98. The highest BCUT2D eigenvalue weighted by Crippen LogP contribution is 2.23. The molecule has 1 atom stereocenters. The minimum atomic E-state index is -0.656. The summed E-state index contributed by atoms with van der Waals surface area (Å²) in [6.45, 7) is 3.71. The van der Waals surface area contributed by atoms with Gasteiger partial charge in [-0.3, -0.25) is 4.79 Å². The van der Waals surface area contributed by atoms with Crippen LogP contribution in [0, 0.1) is 5.92 Å². The lowest BCUT2D eigenvalue weighted by Gasteiger charge is -2.10. The molecule has 104 valence electrons. The molecule has 0 aliphatic carbocycles. The van der Waals surface area contributed by atoms with Crippen molar-refractivity contribution in [2.45, 2.75) is 20.3 Å². The monoisotopic (exact) mass is 266 g/mol. The van der Waals surface area contributed by atoms with Crippen molar-refractivity contribution in [3.63, 3.8) is 0 Å². The van der Waals surface area contributed by atoms with Crippen LogP contribution in [0.5, 0.6) is 11.5 Å². The molecule has 19 heavy (non-hydrogen) atoms. The van der Waals surface area contributed by atoms with Crippen LogP contribution < -0.4 is 4.74 Å². The molecule has 0 heterocycles. The molecule has 1 aromatic rings. The molecule has 0 spiro atoms. The Balaban J connectivity index is 2.75. The van der Waals surface area contributed by atoms with Gasteiger partial charge in [-0.05, 0) is 24.6 Å². The molecule has 1 unspecified atom stereocenters. The van der Waals surface area contributed by atoms with Gasteiger partial charge < -0.3 is 14.6 Å². The maximum atomic E-state index is 11.6. The number of carbonyl (C=O) groups excluding carboxylic acids is 2. The lowest BCUT2D eigenvalue weighted by Crippen LogP contribution is -2.18. The first-order chi connectivity index (χ1) is 8.99. The fourth-order valence-corrected chi connectivity index (χ4v) is 1.40. The fourth-order valence-electron chi connectivity index (χ4n) is 1.40. The molecular formula is C14H18O5. The maximum absolute atomic E-state index is 11.6. The number of esters is 1. The van der Waals surface area contributed by atoms with Gasteiger partial charge in [0.25, 0.3) is 0 Å². The maximum Gasteiger partial charge on any atom is 0.341 e. The molecule has 5 heteroatoms. The Morgan fingerprint density at radius 1 is 1.37 bits per heavy atom. The van der Waals surface area contributed by atoms with E-state index in [1.54, 1.807) is 0 Å². The predicted molar refractivity (Wildman–Crippen MR) is 69.4 cm³/mol. The van der Waals surface area contributed by atoms with Crippen LogP contribution in [0.4, 0.5) is 0 Å². The first-order valence-corrected chi connectivity index (χ1v) is 6.06. The summed E-state index contributed by atoms with van der Waals surface area (Å²) in [5.41, 5.74) is 0.0102. The quantitative estimate of drug-likeness (QED) is 0.799. The molecule has 0 amide bonds. The largest absolute Gasteiger partial charge is 0.507 e. The van der Waals surface area contributed by atoms with Crippen LogP contribution >= 0.6 is 0 Å². The van der Waals surface area contributed by atoms with E-state index >= 15 is 0 Å².